The molecule has 2 aromatic carbocycles. The van der Waals surface area contributed by atoms with Crippen LogP contribution in [0.25, 0.3) is 11.3 Å². The third-order valence-corrected chi connectivity index (χ3v) is 4.96. The minimum Gasteiger partial charge on any atom is -0.399 e. The first-order valence-corrected chi connectivity index (χ1v) is 10.6. The summed E-state index contributed by atoms with van der Waals surface area (Å²) in [6, 6.07) is 15.8. The second kappa shape index (κ2) is 10.1. The fourth-order valence-electron chi connectivity index (χ4n) is 3.33. The number of nitrogens with two attached hydrogens (primary N) is 1. The van der Waals surface area contributed by atoms with Gasteiger partial charge in [0, 0.05) is 47.8 Å². The van der Waals surface area contributed by atoms with Crippen LogP contribution < -0.4 is 16.0 Å². The Morgan fingerprint density at radius 2 is 1.72 bits per heavy atom. The molecule has 152 valence electrons. The summed E-state index contributed by atoms with van der Waals surface area (Å²) in [7, 11) is 0. The summed E-state index contributed by atoms with van der Waals surface area (Å²) in [5.74, 6) is 1.01. The van der Waals surface area contributed by atoms with E-state index in [-0.39, 0.29) is 0 Å². The lowest BCUT2D eigenvalue weighted by Crippen LogP contribution is -2.25. The Hall–Kier alpha value is -2.79. The lowest BCUT2D eigenvalue weighted by molar-refractivity contribution is 0.742. The van der Waals surface area contributed by atoms with Gasteiger partial charge in [0.15, 0.2) is 0 Å². The zero-order chi connectivity index (χ0) is 20.6. The fraction of sp³-hybridized carbons (Fsp3) is 0.304. The van der Waals surface area contributed by atoms with Crippen molar-refractivity contribution in [2.24, 2.45) is 0 Å². The molecule has 0 saturated carbocycles. The van der Waals surface area contributed by atoms with Gasteiger partial charge in [0.25, 0.3) is 0 Å². The minimum atomic E-state index is 0.459. The van der Waals surface area contributed by atoms with Crippen molar-refractivity contribution in [3.05, 3.63) is 60.3 Å². The standard InChI is InChI=1S/C23H28ClN5/c1-3-13-29(14-4-2)22-10-9-20(15-18(22)16-24)27-23-26-12-11-21(28-23)17-5-7-19(25)8-6-17/h5-12,15H,3-4,13-14,16,25H2,1-2H3,(H,26,27,28). The second-order valence-electron chi connectivity index (χ2n) is 6.98. The lowest BCUT2D eigenvalue weighted by atomic mass is 10.1. The summed E-state index contributed by atoms with van der Waals surface area (Å²) in [5.41, 5.74) is 11.6. The smallest absolute Gasteiger partial charge is 0.227 e. The molecule has 0 aliphatic heterocycles. The van der Waals surface area contributed by atoms with Crippen molar-refractivity contribution in [2.45, 2.75) is 32.6 Å². The van der Waals surface area contributed by atoms with E-state index in [1.54, 1.807) is 6.20 Å². The van der Waals surface area contributed by atoms with Gasteiger partial charge in [0.05, 0.1) is 5.69 Å². The van der Waals surface area contributed by atoms with E-state index >= 15 is 0 Å². The molecule has 0 fully saturated rings. The molecule has 0 saturated heterocycles. The molecule has 0 radical (unpaired) electrons. The first-order valence-electron chi connectivity index (χ1n) is 10.0. The van der Waals surface area contributed by atoms with E-state index in [2.05, 4.69) is 52.2 Å². The lowest BCUT2D eigenvalue weighted by Gasteiger charge is -2.26. The SMILES string of the molecule is CCCN(CCC)c1ccc(Nc2nccc(-c3ccc(N)cc3)n2)cc1CCl. The monoisotopic (exact) mass is 409 g/mol. The molecule has 1 heterocycles. The van der Waals surface area contributed by atoms with Gasteiger partial charge in [-0.1, -0.05) is 26.0 Å². The Balaban J connectivity index is 1.83. The maximum Gasteiger partial charge on any atom is 0.227 e. The number of rotatable bonds is 9. The summed E-state index contributed by atoms with van der Waals surface area (Å²) < 4.78 is 0. The molecule has 0 atom stereocenters. The summed E-state index contributed by atoms with van der Waals surface area (Å²) in [4.78, 5) is 11.4. The number of hydrogen-bond donors (Lipinski definition) is 2. The number of anilines is 4. The van der Waals surface area contributed by atoms with Gasteiger partial charge in [-0.2, -0.15) is 0 Å². The number of halogens is 1. The second-order valence-corrected chi connectivity index (χ2v) is 7.24. The van der Waals surface area contributed by atoms with Crippen LogP contribution in [0.1, 0.15) is 32.3 Å². The van der Waals surface area contributed by atoms with Crippen molar-refractivity contribution < 1.29 is 0 Å². The van der Waals surface area contributed by atoms with Crippen molar-refractivity contribution in [1.82, 2.24) is 9.97 Å². The normalized spacial score (nSPS) is 10.7. The van der Waals surface area contributed by atoms with Crippen LogP contribution in [0.4, 0.5) is 23.0 Å². The van der Waals surface area contributed by atoms with Crippen molar-refractivity contribution in [2.75, 3.05) is 29.0 Å². The molecule has 0 aliphatic carbocycles. The highest BCUT2D eigenvalue weighted by molar-refractivity contribution is 6.17. The van der Waals surface area contributed by atoms with Crippen LogP contribution >= 0.6 is 11.6 Å². The van der Waals surface area contributed by atoms with Crippen LogP contribution in [0.5, 0.6) is 0 Å². The highest BCUT2D eigenvalue weighted by atomic mass is 35.5. The third kappa shape index (κ3) is 5.39. The fourth-order valence-corrected chi connectivity index (χ4v) is 3.55. The Bertz CT molecular complexity index is 921. The van der Waals surface area contributed by atoms with Crippen molar-refractivity contribution in [1.29, 1.82) is 0 Å². The first kappa shape index (κ1) is 20.9. The van der Waals surface area contributed by atoms with Crippen LogP contribution in [0, 0.1) is 0 Å². The summed E-state index contributed by atoms with van der Waals surface area (Å²) in [5, 5.41) is 3.31. The number of nitrogens with zero attached hydrogens (tertiary/aromatic N) is 3. The Morgan fingerprint density at radius 3 is 2.38 bits per heavy atom. The predicted octanol–water partition coefficient (Wildman–Crippen LogP) is 5.83. The van der Waals surface area contributed by atoms with Crippen LogP contribution in [-0.4, -0.2) is 23.1 Å². The largest absolute Gasteiger partial charge is 0.399 e. The molecule has 0 spiro atoms. The van der Waals surface area contributed by atoms with Crippen molar-refractivity contribution in [3.8, 4) is 11.3 Å². The third-order valence-electron chi connectivity index (χ3n) is 4.67. The zero-order valence-electron chi connectivity index (χ0n) is 17.0. The number of alkyl halides is 1. The van der Waals surface area contributed by atoms with E-state index in [0.717, 1.165) is 54.1 Å². The molecular formula is C23H28ClN5. The molecule has 0 aliphatic rings. The Labute approximate surface area is 177 Å². The molecule has 5 nitrogen and oxygen atoms in total. The van der Waals surface area contributed by atoms with E-state index in [1.165, 1.54) is 5.69 Å². The molecule has 3 rings (SSSR count). The number of benzene rings is 2. The van der Waals surface area contributed by atoms with Gasteiger partial charge in [0.1, 0.15) is 0 Å². The first-order chi connectivity index (χ1) is 14.1. The maximum absolute atomic E-state index is 6.27. The van der Waals surface area contributed by atoms with Crippen LogP contribution in [0.3, 0.4) is 0 Å². The van der Waals surface area contributed by atoms with Gasteiger partial charge in [-0.15, -0.1) is 11.6 Å². The molecule has 3 aromatic rings. The molecule has 29 heavy (non-hydrogen) atoms. The number of nitrogen functional groups attached to an aromatic ring is 1. The van der Waals surface area contributed by atoms with Gasteiger partial charge in [-0.3, -0.25) is 0 Å². The number of nitrogens with one attached hydrogen (secondary N) is 1. The van der Waals surface area contributed by atoms with Crippen LogP contribution in [0.15, 0.2) is 54.7 Å². The zero-order valence-corrected chi connectivity index (χ0v) is 17.8. The molecule has 0 amide bonds. The van der Waals surface area contributed by atoms with Gasteiger partial charge in [-0.25, -0.2) is 9.97 Å². The summed E-state index contributed by atoms with van der Waals surface area (Å²) in [6.07, 6.45) is 3.96. The Kier molecular flexibility index (Phi) is 7.30. The quantitative estimate of drug-likeness (QED) is 0.343. The van der Waals surface area contributed by atoms with Gasteiger partial charge in [-0.05, 0) is 54.8 Å². The molecular weight excluding hydrogens is 382 g/mol. The summed E-state index contributed by atoms with van der Waals surface area (Å²) >= 11 is 6.27. The summed E-state index contributed by atoms with van der Waals surface area (Å²) in [6.45, 7) is 6.45. The highest BCUT2D eigenvalue weighted by Gasteiger charge is 2.11. The Morgan fingerprint density at radius 1 is 1.00 bits per heavy atom. The van der Waals surface area contributed by atoms with E-state index in [4.69, 9.17) is 17.3 Å². The van der Waals surface area contributed by atoms with Gasteiger partial charge >= 0.3 is 0 Å². The predicted molar refractivity (Wildman–Crippen MR) is 124 cm³/mol. The van der Waals surface area contributed by atoms with E-state index in [9.17, 15) is 0 Å². The average molecular weight is 410 g/mol. The van der Waals surface area contributed by atoms with Gasteiger partial charge in [0.2, 0.25) is 5.95 Å². The topological polar surface area (TPSA) is 67.1 Å². The number of aromatic nitrogens is 2. The molecule has 0 unspecified atom stereocenters. The molecule has 6 heteroatoms. The van der Waals surface area contributed by atoms with Gasteiger partial charge < -0.3 is 16.0 Å². The minimum absolute atomic E-state index is 0.459. The van der Waals surface area contributed by atoms with E-state index < -0.39 is 0 Å². The van der Waals surface area contributed by atoms with Crippen LogP contribution in [0.2, 0.25) is 0 Å². The molecule has 0 bridgehead atoms. The van der Waals surface area contributed by atoms with Crippen molar-refractivity contribution in [3.63, 3.8) is 0 Å². The van der Waals surface area contributed by atoms with E-state index in [1.807, 2.05) is 30.3 Å². The van der Waals surface area contributed by atoms with E-state index in [0.29, 0.717) is 11.8 Å². The molecule has 1 aromatic heterocycles. The maximum atomic E-state index is 6.27. The van der Waals surface area contributed by atoms with Crippen LogP contribution in [-0.2, 0) is 5.88 Å². The molecule has 3 N–H and O–H groups in total. The highest BCUT2D eigenvalue weighted by Crippen LogP contribution is 2.28. The van der Waals surface area contributed by atoms with Crippen molar-refractivity contribution >= 4 is 34.6 Å². The average Bonchev–Trinajstić information content (AvgIpc) is 2.74. The number of hydrogen-bond acceptors (Lipinski definition) is 5.